The molecule has 1 fully saturated rings. The molecule has 1 heterocycles. The average molecular weight is 214 g/mol. The molecule has 0 saturated carbocycles. The number of β-amino-alcohol motifs (C(OH)–C–C–N with tert-alkyl or cyclic N) is 1. The van der Waals surface area contributed by atoms with Crippen LogP contribution in [0.3, 0.4) is 0 Å². The van der Waals surface area contributed by atoms with Crippen molar-refractivity contribution in [2.24, 2.45) is 11.7 Å². The van der Waals surface area contributed by atoms with Crippen molar-refractivity contribution in [3.8, 4) is 0 Å². The van der Waals surface area contributed by atoms with Crippen LogP contribution in [0.2, 0.25) is 0 Å². The van der Waals surface area contributed by atoms with Crippen LogP contribution < -0.4 is 5.73 Å². The van der Waals surface area contributed by atoms with Gasteiger partial charge in [0.2, 0.25) is 5.91 Å². The van der Waals surface area contributed by atoms with E-state index in [1.807, 2.05) is 20.8 Å². The van der Waals surface area contributed by atoms with Crippen LogP contribution >= 0.6 is 0 Å². The Morgan fingerprint density at radius 2 is 2.07 bits per heavy atom. The van der Waals surface area contributed by atoms with E-state index in [1.54, 1.807) is 4.90 Å². The number of carbonyl (C=O) groups is 1. The molecule has 0 spiro atoms. The Bertz CT molecular complexity index is 237. The zero-order chi connectivity index (χ0) is 11.6. The second-order valence-corrected chi connectivity index (χ2v) is 4.68. The lowest BCUT2D eigenvalue weighted by atomic mass is 9.89. The Balaban J connectivity index is 2.44. The lowest BCUT2D eigenvalue weighted by Crippen LogP contribution is -2.66. The van der Waals surface area contributed by atoms with E-state index in [0.717, 1.165) is 6.42 Å². The van der Waals surface area contributed by atoms with Gasteiger partial charge in [0.15, 0.2) is 0 Å². The van der Waals surface area contributed by atoms with Crippen LogP contribution in [0.15, 0.2) is 0 Å². The number of carbonyl (C=O) groups excluding carboxylic acids is 1. The summed E-state index contributed by atoms with van der Waals surface area (Å²) in [7, 11) is 0. The van der Waals surface area contributed by atoms with Crippen LogP contribution in [0.25, 0.3) is 0 Å². The van der Waals surface area contributed by atoms with Gasteiger partial charge in [-0.25, -0.2) is 0 Å². The van der Waals surface area contributed by atoms with Gasteiger partial charge in [-0.2, -0.15) is 0 Å². The molecule has 0 aromatic heterocycles. The van der Waals surface area contributed by atoms with Crippen LogP contribution in [-0.2, 0) is 4.79 Å². The first-order valence-corrected chi connectivity index (χ1v) is 5.70. The fourth-order valence-electron chi connectivity index (χ4n) is 1.75. The number of hydrogen-bond acceptors (Lipinski definition) is 3. The summed E-state index contributed by atoms with van der Waals surface area (Å²) in [4.78, 5) is 13.5. The Labute approximate surface area is 91.4 Å². The third-order valence-corrected chi connectivity index (χ3v) is 3.48. The smallest absolute Gasteiger partial charge is 0.239 e. The highest BCUT2D eigenvalue weighted by Gasteiger charge is 2.43. The molecule has 4 heteroatoms. The molecule has 15 heavy (non-hydrogen) atoms. The summed E-state index contributed by atoms with van der Waals surface area (Å²) < 4.78 is 0. The van der Waals surface area contributed by atoms with Crippen LogP contribution in [0.1, 0.15) is 33.6 Å². The molecule has 1 amide bonds. The molecule has 88 valence electrons. The molecule has 1 aliphatic rings. The maximum Gasteiger partial charge on any atom is 0.239 e. The standard InChI is InChI=1S/C11H22N2O2/c1-4-8(3)9(12)10(14)13-6-11(15,5-2)7-13/h8-9,15H,4-7,12H2,1-3H3. The molecule has 0 aliphatic carbocycles. The van der Waals surface area contributed by atoms with Crippen molar-refractivity contribution in [1.29, 1.82) is 0 Å². The van der Waals surface area contributed by atoms with Crippen molar-refractivity contribution in [1.82, 2.24) is 4.90 Å². The first-order valence-electron chi connectivity index (χ1n) is 5.70. The van der Waals surface area contributed by atoms with Crippen molar-refractivity contribution < 1.29 is 9.90 Å². The second kappa shape index (κ2) is 4.49. The maximum atomic E-state index is 11.8. The SMILES string of the molecule is CCC(C)C(N)C(=O)N1CC(O)(CC)C1. The van der Waals surface area contributed by atoms with Crippen LogP contribution in [0.5, 0.6) is 0 Å². The maximum absolute atomic E-state index is 11.8. The molecule has 0 bridgehead atoms. The molecule has 1 aliphatic heterocycles. The van der Waals surface area contributed by atoms with Gasteiger partial charge in [0.25, 0.3) is 0 Å². The van der Waals surface area contributed by atoms with Crippen molar-refractivity contribution >= 4 is 5.91 Å². The molecule has 2 unspecified atom stereocenters. The van der Waals surface area contributed by atoms with E-state index in [9.17, 15) is 9.90 Å². The van der Waals surface area contributed by atoms with Crippen LogP contribution in [0.4, 0.5) is 0 Å². The van der Waals surface area contributed by atoms with Gasteiger partial charge >= 0.3 is 0 Å². The molecule has 0 aromatic rings. The lowest BCUT2D eigenvalue weighted by Gasteiger charge is -2.47. The summed E-state index contributed by atoms with van der Waals surface area (Å²) in [6, 6.07) is -0.420. The normalized spacial score (nSPS) is 23.1. The fourth-order valence-corrected chi connectivity index (χ4v) is 1.75. The summed E-state index contributed by atoms with van der Waals surface area (Å²) in [5, 5.41) is 9.78. The highest BCUT2D eigenvalue weighted by Crippen LogP contribution is 2.25. The summed E-state index contributed by atoms with van der Waals surface area (Å²) in [6.45, 7) is 6.81. The minimum Gasteiger partial charge on any atom is -0.386 e. The molecular weight excluding hydrogens is 192 g/mol. The third-order valence-electron chi connectivity index (χ3n) is 3.48. The minimum absolute atomic E-state index is 0.0255. The van der Waals surface area contributed by atoms with E-state index in [1.165, 1.54) is 0 Å². The topological polar surface area (TPSA) is 66.6 Å². The fraction of sp³-hybridized carbons (Fsp3) is 0.909. The second-order valence-electron chi connectivity index (χ2n) is 4.68. The van der Waals surface area contributed by atoms with Gasteiger partial charge in [-0.05, 0) is 12.3 Å². The van der Waals surface area contributed by atoms with E-state index < -0.39 is 11.6 Å². The van der Waals surface area contributed by atoms with Crippen molar-refractivity contribution in [2.45, 2.75) is 45.3 Å². The molecule has 1 saturated heterocycles. The predicted octanol–water partition coefficient (Wildman–Crippen LogP) is 0.343. The first kappa shape index (κ1) is 12.5. The van der Waals surface area contributed by atoms with E-state index in [-0.39, 0.29) is 11.8 Å². The Kier molecular flexibility index (Phi) is 3.73. The number of likely N-dealkylation sites (tertiary alicyclic amines) is 1. The van der Waals surface area contributed by atoms with Crippen LogP contribution in [0, 0.1) is 5.92 Å². The lowest BCUT2D eigenvalue weighted by molar-refractivity contribution is -0.158. The molecular formula is C11H22N2O2. The number of nitrogens with zero attached hydrogens (tertiary/aromatic N) is 1. The first-order chi connectivity index (χ1) is 6.93. The molecule has 0 radical (unpaired) electrons. The number of amides is 1. The summed E-state index contributed by atoms with van der Waals surface area (Å²) in [6.07, 6.45) is 1.59. The minimum atomic E-state index is -0.662. The quantitative estimate of drug-likeness (QED) is 0.709. The monoisotopic (exact) mass is 214 g/mol. The van der Waals surface area contributed by atoms with E-state index >= 15 is 0 Å². The van der Waals surface area contributed by atoms with E-state index in [0.29, 0.717) is 19.5 Å². The largest absolute Gasteiger partial charge is 0.386 e. The molecule has 2 atom stereocenters. The van der Waals surface area contributed by atoms with Crippen molar-refractivity contribution in [2.75, 3.05) is 13.1 Å². The molecule has 0 aromatic carbocycles. The molecule has 4 nitrogen and oxygen atoms in total. The summed E-state index contributed by atoms with van der Waals surface area (Å²) in [5.74, 6) is 0.176. The van der Waals surface area contributed by atoms with E-state index in [2.05, 4.69) is 0 Å². The number of rotatable bonds is 4. The highest BCUT2D eigenvalue weighted by atomic mass is 16.3. The van der Waals surface area contributed by atoms with Gasteiger partial charge in [0.05, 0.1) is 24.7 Å². The predicted molar refractivity (Wildman–Crippen MR) is 59.3 cm³/mol. The number of hydrogen-bond donors (Lipinski definition) is 2. The van der Waals surface area contributed by atoms with E-state index in [4.69, 9.17) is 5.73 Å². The Morgan fingerprint density at radius 1 is 1.53 bits per heavy atom. The zero-order valence-corrected chi connectivity index (χ0v) is 9.86. The number of nitrogens with two attached hydrogens (primary N) is 1. The average Bonchev–Trinajstić information content (AvgIpc) is 2.21. The molecule has 1 rings (SSSR count). The third kappa shape index (κ3) is 2.49. The zero-order valence-electron chi connectivity index (χ0n) is 9.86. The van der Waals surface area contributed by atoms with Gasteiger partial charge < -0.3 is 15.7 Å². The van der Waals surface area contributed by atoms with Gasteiger partial charge in [-0.3, -0.25) is 4.79 Å². The number of aliphatic hydroxyl groups is 1. The van der Waals surface area contributed by atoms with Gasteiger partial charge in [-0.15, -0.1) is 0 Å². The Hall–Kier alpha value is -0.610. The van der Waals surface area contributed by atoms with Gasteiger partial charge in [0, 0.05) is 0 Å². The van der Waals surface area contributed by atoms with Gasteiger partial charge in [-0.1, -0.05) is 27.2 Å². The summed E-state index contributed by atoms with van der Waals surface area (Å²) >= 11 is 0. The van der Waals surface area contributed by atoms with Gasteiger partial charge in [0.1, 0.15) is 0 Å². The van der Waals surface area contributed by atoms with Crippen LogP contribution in [-0.4, -0.2) is 40.6 Å². The van der Waals surface area contributed by atoms with Crippen molar-refractivity contribution in [3.63, 3.8) is 0 Å². The molecule has 3 N–H and O–H groups in total. The highest BCUT2D eigenvalue weighted by molar-refractivity contribution is 5.83. The van der Waals surface area contributed by atoms with Crippen molar-refractivity contribution in [3.05, 3.63) is 0 Å². The Morgan fingerprint density at radius 3 is 2.47 bits per heavy atom. The summed E-state index contributed by atoms with van der Waals surface area (Å²) in [5.41, 5.74) is 5.18.